The van der Waals surface area contributed by atoms with E-state index in [9.17, 15) is 4.79 Å². The Hall–Kier alpha value is -1.47. The van der Waals surface area contributed by atoms with Crippen LogP contribution in [0.4, 0.5) is 0 Å². The van der Waals surface area contributed by atoms with Crippen LogP contribution in [0, 0.1) is 0 Å². The summed E-state index contributed by atoms with van der Waals surface area (Å²) in [6.07, 6.45) is 2.42. The fraction of sp³-hybridized carbons (Fsp3) is 0.727. The fourth-order valence-electron chi connectivity index (χ4n) is 1.24. The number of aromatic nitrogens is 2. The smallest absolute Gasteiger partial charge is 0.244 e. The largest absolute Gasteiger partial charge is 0.382 e. The van der Waals surface area contributed by atoms with Gasteiger partial charge in [0.15, 0.2) is 5.82 Å². The lowest BCUT2D eigenvalue weighted by Gasteiger charge is -2.03. The minimum Gasteiger partial charge on any atom is -0.382 e. The third kappa shape index (κ3) is 5.74. The zero-order valence-electron chi connectivity index (χ0n) is 10.8. The Morgan fingerprint density at radius 2 is 2.22 bits per heavy atom. The molecule has 0 saturated carbocycles. The van der Waals surface area contributed by atoms with Crippen LogP contribution in [-0.2, 0) is 27.2 Å². The second kappa shape index (κ2) is 8.60. The van der Waals surface area contributed by atoms with Crippen LogP contribution in [0.2, 0.25) is 0 Å². The number of carbonyl (C=O) groups is 1. The van der Waals surface area contributed by atoms with Crippen molar-refractivity contribution in [2.45, 2.75) is 32.6 Å². The van der Waals surface area contributed by atoms with Crippen LogP contribution in [-0.4, -0.2) is 36.4 Å². The molecule has 1 rings (SSSR count). The van der Waals surface area contributed by atoms with Crippen LogP contribution in [0.3, 0.4) is 0 Å². The fourth-order valence-corrected chi connectivity index (χ4v) is 1.24. The van der Waals surface area contributed by atoms with Gasteiger partial charge in [-0.3, -0.25) is 9.63 Å². The number of methoxy groups -OCH3 is 1. The monoisotopic (exact) mass is 257 g/mol. The highest BCUT2D eigenvalue weighted by molar-refractivity contribution is 5.74. The molecule has 0 spiro atoms. The summed E-state index contributed by atoms with van der Waals surface area (Å²) in [5, 5.41) is 3.80. The topological polar surface area (TPSA) is 86.5 Å². The van der Waals surface area contributed by atoms with Gasteiger partial charge < -0.3 is 9.26 Å². The normalized spacial score (nSPS) is 10.6. The van der Waals surface area contributed by atoms with Crippen molar-refractivity contribution in [3.05, 3.63) is 11.7 Å². The van der Waals surface area contributed by atoms with Gasteiger partial charge in [-0.1, -0.05) is 12.1 Å². The molecule has 0 saturated heterocycles. The number of amides is 1. The SMILES string of the molecule is CCCc1noc(CCC(=O)NOCCOC)n1. The van der Waals surface area contributed by atoms with Crippen molar-refractivity contribution in [3.63, 3.8) is 0 Å². The first kappa shape index (κ1) is 14.6. The van der Waals surface area contributed by atoms with E-state index in [1.807, 2.05) is 6.92 Å². The predicted octanol–water partition coefficient (Wildman–Crippen LogP) is 0.649. The molecule has 7 nitrogen and oxygen atoms in total. The number of carbonyl (C=O) groups excluding carboxylic acids is 1. The molecular formula is C11H19N3O4. The van der Waals surface area contributed by atoms with E-state index in [0.29, 0.717) is 31.3 Å². The second-order valence-corrected chi connectivity index (χ2v) is 3.72. The van der Waals surface area contributed by atoms with Crippen LogP contribution in [0.25, 0.3) is 0 Å². The molecule has 0 unspecified atom stereocenters. The zero-order chi connectivity index (χ0) is 13.2. The minimum atomic E-state index is -0.221. The maximum Gasteiger partial charge on any atom is 0.244 e. The number of nitrogens with zero attached hydrogens (tertiary/aromatic N) is 2. The summed E-state index contributed by atoms with van der Waals surface area (Å²) in [5.41, 5.74) is 2.31. The van der Waals surface area contributed by atoms with Crippen molar-refractivity contribution < 1.29 is 18.9 Å². The first-order valence-corrected chi connectivity index (χ1v) is 5.97. The first-order valence-electron chi connectivity index (χ1n) is 5.97. The van der Waals surface area contributed by atoms with E-state index in [-0.39, 0.29) is 12.3 Å². The summed E-state index contributed by atoms with van der Waals surface area (Å²) < 4.78 is 9.78. The van der Waals surface area contributed by atoms with E-state index < -0.39 is 0 Å². The molecule has 1 amide bonds. The molecule has 0 aliphatic rings. The lowest BCUT2D eigenvalue weighted by molar-refractivity contribution is -0.134. The molecule has 0 atom stereocenters. The van der Waals surface area contributed by atoms with Gasteiger partial charge in [0.25, 0.3) is 0 Å². The molecule has 1 heterocycles. The Morgan fingerprint density at radius 3 is 2.94 bits per heavy atom. The average Bonchev–Trinajstić information content (AvgIpc) is 2.80. The molecule has 0 aromatic carbocycles. The van der Waals surface area contributed by atoms with E-state index in [2.05, 4.69) is 15.6 Å². The molecule has 0 fully saturated rings. The Labute approximate surface area is 106 Å². The van der Waals surface area contributed by atoms with E-state index in [0.717, 1.165) is 12.8 Å². The van der Waals surface area contributed by atoms with Gasteiger partial charge in [0, 0.05) is 26.4 Å². The number of nitrogens with one attached hydrogen (secondary N) is 1. The number of rotatable bonds is 9. The van der Waals surface area contributed by atoms with E-state index in [1.54, 1.807) is 7.11 Å². The summed E-state index contributed by atoms with van der Waals surface area (Å²) >= 11 is 0. The van der Waals surface area contributed by atoms with Crippen molar-refractivity contribution in [1.82, 2.24) is 15.6 Å². The van der Waals surface area contributed by atoms with E-state index in [1.165, 1.54) is 0 Å². The van der Waals surface area contributed by atoms with Crippen molar-refractivity contribution in [3.8, 4) is 0 Å². The predicted molar refractivity (Wildman–Crippen MR) is 62.6 cm³/mol. The Bertz CT molecular complexity index is 354. The van der Waals surface area contributed by atoms with Gasteiger partial charge in [-0.2, -0.15) is 4.98 Å². The summed E-state index contributed by atoms with van der Waals surface area (Å²) in [5.74, 6) is 0.941. The number of aryl methyl sites for hydroxylation is 2. The van der Waals surface area contributed by atoms with Crippen LogP contribution in [0.5, 0.6) is 0 Å². The quantitative estimate of drug-likeness (QED) is 0.516. The summed E-state index contributed by atoms with van der Waals surface area (Å²) in [7, 11) is 1.56. The Morgan fingerprint density at radius 1 is 1.39 bits per heavy atom. The highest BCUT2D eigenvalue weighted by atomic mass is 16.7. The zero-order valence-corrected chi connectivity index (χ0v) is 10.8. The number of hydrogen-bond donors (Lipinski definition) is 1. The molecule has 1 N–H and O–H groups in total. The minimum absolute atomic E-state index is 0.221. The average molecular weight is 257 g/mol. The third-order valence-electron chi connectivity index (χ3n) is 2.13. The first-order chi connectivity index (χ1) is 8.76. The molecule has 0 bridgehead atoms. The molecule has 0 radical (unpaired) electrons. The van der Waals surface area contributed by atoms with Crippen molar-refractivity contribution in [2.75, 3.05) is 20.3 Å². The molecular weight excluding hydrogens is 238 g/mol. The van der Waals surface area contributed by atoms with Crippen molar-refractivity contribution >= 4 is 5.91 Å². The van der Waals surface area contributed by atoms with Gasteiger partial charge in [0.05, 0.1) is 13.2 Å². The summed E-state index contributed by atoms with van der Waals surface area (Å²) in [6.45, 7) is 2.80. The second-order valence-electron chi connectivity index (χ2n) is 3.72. The molecule has 1 aromatic heterocycles. The Kier molecular flexibility index (Phi) is 6.97. The lowest BCUT2D eigenvalue weighted by Crippen LogP contribution is -2.25. The van der Waals surface area contributed by atoms with Crippen molar-refractivity contribution in [1.29, 1.82) is 0 Å². The van der Waals surface area contributed by atoms with Gasteiger partial charge in [-0.25, -0.2) is 5.48 Å². The molecule has 0 aliphatic heterocycles. The number of hydroxylamine groups is 1. The van der Waals surface area contributed by atoms with Gasteiger partial charge in [0.1, 0.15) is 0 Å². The standard InChI is InChI=1S/C11H19N3O4/c1-3-4-9-12-11(18-13-9)6-5-10(15)14-17-8-7-16-2/h3-8H2,1-2H3,(H,14,15). The maximum atomic E-state index is 11.3. The van der Waals surface area contributed by atoms with Crippen molar-refractivity contribution in [2.24, 2.45) is 0 Å². The van der Waals surface area contributed by atoms with Gasteiger partial charge in [0.2, 0.25) is 11.8 Å². The summed E-state index contributed by atoms with van der Waals surface area (Å²) in [6, 6.07) is 0. The number of ether oxygens (including phenoxy) is 1. The number of hydrogen-bond acceptors (Lipinski definition) is 6. The lowest BCUT2D eigenvalue weighted by atomic mass is 10.3. The molecule has 102 valence electrons. The van der Waals surface area contributed by atoms with Gasteiger partial charge in [-0.05, 0) is 6.42 Å². The Balaban J connectivity index is 2.16. The van der Waals surface area contributed by atoms with E-state index in [4.69, 9.17) is 14.1 Å². The van der Waals surface area contributed by atoms with E-state index >= 15 is 0 Å². The molecule has 0 aliphatic carbocycles. The van der Waals surface area contributed by atoms with Gasteiger partial charge >= 0.3 is 0 Å². The highest BCUT2D eigenvalue weighted by Gasteiger charge is 2.08. The molecule has 1 aromatic rings. The molecule has 18 heavy (non-hydrogen) atoms. The molecule has 7 heteroatoms. The van der Waals surface area contributed by atoms with Crippen LogP contribution in [0.15, 0.2) is 4.52 Å². The summed E-state index contributed by atoms with van der Waals surface area (Å²) in [4.78, 5) is 20.4. The highest BCUT2D eigenvalue weighted by Crippen LogP contribution is 2.02. The van der Waals surface area contributed by atoms with Crippen LogP contribution < -0.4 is 5.48 Å². The van der Waals surface area contributed by atoms with Gasteiger partial charge in [-0.15, -0.1) is 0 Å². The van der Waals surface area contributed by atoms with Crippen LogP contribution >= 0.6 is 0 Å². The van der Waals surface area contributed by atoms with Crippen LogP contribution in [0.1, 0.15) is 31.5 Å². The third-order valence-corrected chi connectivity index (χ3v) is 2.13. The maximum absolute atomic E-state index is 11.3.